The van der Waals surface area contributed by atoms with E-state index in [2.05, 4.69) is 0 Å². The van der Waals surface area contributed by atoms with Crippen LogP contribution in [-0.2, 0) is 11.2 Å². The van der Waals surface area contributed by atoms with Crippen molar-refractivity contribution in [1.29, 1.82) is 0 Å². The molecule has 0 atom stereocenters. The standard InChI is InChI=1S/C31H37NO5S2/c1-35-23-7-8-24(26(16-23)36-2)27-15-20(6-4-3-5-9-33)25(37-27)17-28-30(34)32(31(38)39-28)29-21-11-18-10-19(13-21)14-22(29)12-18/h7-8,15-19,21-22,29,33H,3-6,9-14H2,1-2H3/b28-17-. The summed E-state index contributed by atoms with van der Waals surface area (Å²) in [6, 6.07) is 7.96. The zero-order chi connectivity index (χ0) is 27.1. The van der Waals surface area contributed by atoms with Gasteiger partial charge in [-0.05, 0) is 98.8 Å². The Bertz CT molecular complexity index is 1260. The lowest BCUT2D eigenvalue weighted by molar-refractivity contribution is -0.130. The molecule has 5 fully saturated rings. The van der Waals surface area contributed by atoms with E-state index in [0.717, 1.165) is 48.6 Å². The first-order chi connectivity index (χ1) is 19.0. The summed E-state index contributed by atoms with van der Waals surface area (Å²) >= 11 is 7.24. The van der Waals surface area contributed by atoms with E-state index >= 15 is 0 Å². The highest BCUT2D eigenvalue weighted by Gasteiger charge is 2.53. The Kier molecular flexibility index (Phi) is 7.79. The highest BCUT2D eigenvalue weighted by molar-refractivity contribution is 8.26. The van der Waals surface area contributed by atoms with Crippen molar-refractivity contribution in [3.63, 3.8) is 0 Å². The number of carbonyl (C=O) groups excluding carboxylic acids is 1. The Hall–Kier alpha value is -2.29. The highest BCUT2D eigenvalue weighted by Crippen LogP contribution is 2.56. The van der Waals surface area contributed by atoms with Gasteiger partial charge < -0.3 is 19.0 Å². The number of aliphatic hydroxyl groups excluding tert-OH is 1. The molecular formula is C31H37NO5S2. The van der Waals surface area contributed by atoms with Crippen molar-refractivity contribution in [3.05, 3.63) is 40.5 Å². The largest absolute Gasteiger partial charge is 0.497 e. The van der Waals surface area contributed by atoms with Crippen LogP contribution < -0.4 is 9.47 Å². The Balaban J connectivity index is 1.30. The normalized spacial score (nSPS) is 28.6. The lowest BCUT2D eigenvalue weighted by Crippen LogP contribution is -2.57. The van der Waals surface area contributed by atoms with Crippen molar-refractivity contribution in [3.8, 4) is 22.8 Å². The van der Waals surface area contributed by atoms with Gasteiger partial charge in [0.15, 0.2) is 0 Å². The number of nitrogens with zero attached hydrogens (tertiary/aromatic N) is 1. The second kappa shape index (κ2) is 11.3. The van der Waals surface area contributed by atoms with Crippen LogP contribution in [-0.4, -0.2) is 47.1 Å². The molecule has 1 saturated heterocycles. The number of thiocarbonyl (C=S) groups is 1. The maximum atomic E-state index is 13.8. The molecule has 4 saturated carbocycles. The number of hydrogen-bond acceptors (Lipinski definition) is 7. The van der Waals surface area contributed by atoms with Crippen LogP contribution in [0.4, 0.5) is 0 Å². The number of furan rings is 1. The van der Waals surface area contributed by atoms with Crippen molar-refractivity contribution in [2.24, 2.45) is 23.7 Å². The highest BCUT2D eigenvalue weighted by atomic mass is 32.2. The topological polar surface area (TPSA) is 72.1 Å². The molecule has 2 aromatic rings. The summed E-state index contributed by atoms with van der Waals surface area (Å²) in [5.74, 6) is 5.66. The molecule has 1 aromatic carbocycles. The van der Waals surface area contributed by atoms with E-state index in [4.69, 9.17) is 26.1 Å². The number of aryl methyl sites for hydroxylation is 1. The summed E-state index contributed by atoms with van der Waals surface area (Å²) in [6.07, 6.45) is 11.7. The van der Waals surface area contributed by atoms with Crippen LogP contribution in [0.3, 0.4) is 0 Å². The Morgan fingerprint density at radius 3 is 2.46 bits per heavy atom. The second-order valence-corrected chi connectivity index (χ2v) is 13.2. The molecule has 0 spiro atoms. The van der Waals surface area contributed by atoms with Gasteiger partial charge in [0.2, 0.25) is 0 Å². The first-order valence-corrected chi connectivity index (χ1v) is 15.4. The number of benzene rings is 1. The van der Waals surface area contributed by atoms with Gasteiger partial charge in [0.1, 0.15) is 27.3 Å². The minimum absolute atomic E-state index is 0.0358. The molecule has 208 valence electrons. The van der Waals surface area contributed by atoms with Crippen LogP contribution in [0, 0.1) is 23.7 Å². The molecule has 39 heavy (non-hydrogen) atoms. The smallest absolute Gasteiger partial charge is 0.266 e. The van der Waals surface area contributed by atoms with E-state index in [1.165, 1.54) is 43.9 Å². The summed E-state index contributed by atoms with van der Waals surface area (Å²) in [6.45, 7) is 0.194. The molecule has 5 aliphatic rings. The summed E-state index contributed by atoms with van der Waals surface area (Å²) in [5.41, 5.74) is 1.87. The summed E-state index contributed by atoms with van der Waals surface area (Å²) in [7, 11) is 3.26. The molecule has 6 nitrogen and oxygen atoms in total. The summed E-state index contributed by atoms with van der Waals surface area (Å²) in [4.78, 5) is 16.5. The fourth-order valence-electron chi connectivity index (χ4n) is 7.67. The predicted molar refractivity (Wildman–Crippen MR) is 158 cm³/mol. The zero-order valence-electron chi connectivity index (χ0n) is 22.7. The van der Waals surface area contributed by atoms with Crippen LogP contribution >= 0.6 is 24.0 Å². The third-order valence-electron chi connectivity index (χ3n) is 9.18. The molecule has 1 aromatic heterocycles. The zero-order valence-corrected chi connectivity index (χ0v) is 24.3. The number of hydrogen-bond donors (Lipinski definition) is 1. The van der Waals surface area contributed by atoms with E-state index in [-0.39, 0.29) is 18.6 Å². The van der Waals surface area contributed by atoms with Gasteiger partial charge in [0, 0.05) is 24.8 Å². The maximum Gasteiger partial charge on any atom is 0.266 e. The number of carbonyl (C=O) groups is 1. The van der Waals surface area contributed by atoms with Crippen molar-refractivity contribution < 1.29 is 23.8 Å². The summed E-state index contributed by atoms with van der Waals surface area (Å²) < 4.78 is 18.1. The van der Waals surface area contributed by atoms with E-state index in [0.29, 0.717) is 44.1 Å². The lowest BCUT2D eigenvalue weighted by atomic mass is 9.54. The van der Waals surface area contributed by atoms with Gasteiger partial charge >= 0.3 is 0 Å². The maximum absolute atomic E-state index is 13.8. The molecule has 0 radical (unpaired) electrons. The average Bonchev–Trinajstić information content (AvgIpc) is 3.45. The van der Waals surface area contributed by atoms with Crippen LogP contribution in [0.1, 0.15) is 62.7 Å². The SMILES string of the molecule is COc1ccc(-c2cc(CCCCCO)c(/C=C3\SC(=S)N(C4C5CC6CC(C5)CC4C6)C3=O)o2)c(OC)c1. The molecule has 4 bridgehead atoms. The van der Waals surface area contributed by atoms with Crippen molar-refractivity contribution in [2.45, 2.75) is 63.8 Å². The lowest BCUT2D eigenvalue weighted by Gasteiger charge is -2.56. The van der Waals surface area contributed by atoms with E-state index in [9.17, 15) is 9.90 Å². The number of unbranched alkanes of at least 4 members (excludes halogenated alkanes) is 2. The molecule has 7 rings (SSSR count). The first kappa shape index (κ1) is 26.9. The van der Waals surface area contributed by atoms with Gasteiger partial charge in [-0.25, -0.2) is 0 Å². The minimum atomic E-state index is 0.0358. The fraction of sp³-hybridized carbons (Fsp3) is 0.548. The van der Waals surface area contributed by atoms with E-state index in [1.54, 1.807) is 14.2 Å². The number of amides is 1. The van der Waals surface area contributed by atoms with Crippen LogP contribution in [0.25, 0.3) is 17.4 Å². The quantitative estimate of drug-likeness (QED) is 0.195. The van der Waals surface area contributed by atoms with Gasteiger partial charge in [0.25, 0.3) is 5.91 Å². The van der Waals surface area contributed by atoms with Crippen molar-refractivity contribution >= 4 is 40.3 Å². The van der Waals surface area contributed by atoms with Crippen LogP contribution in [0.15, 0.2) is 33.6 Å². The Morgan fingerprint density at radius 2 is 1.79 bits per heavy atom. The van der Waals surface area contributed by atoms with Gasteiger partial charge in [0.05, 0.1) is 24.7 Å². The molecular weight excluding hydrogens is 530 g/mol. The van der Waals surface area contributed by atoms with Gasteiger partial charge in [-0.3, -0.25) is 9.69 Å². The molecule has 1 amide bonds. The minimum Gasteiger partial charge on any atom is -0.497 e. The predicted octanol–water partition coefficient (Wildman–Crippen LogP) is 6.69. The van der Waals surface area contributed by atoms with Gasteiger partial charge in [-0.15, -0.1) is 0 Å². The van der Waals surface area contributed by atoms with Gasteiger partial charge in [-0.2, -0.15) is 0 Å². The number of aliphatic hydroxyl groups is 1. The molecule has 1 aliphatic heterocycles. The van der Waals surface area contributed by atoms with E-state index in [1.807, 2.05) is 35.2 Å². The second-order valence-electron chi connectivity index (χ2n) is 11.6. The Labute approximate surface area is 240 Å². The molecule has 0 unspecified atom stereocenters. The number of ether oxygens (including phenoxy) is 2. The fourth-order valence-corrected chi connectivity index (χ4v) is 8.99. The summed E-state index contributed by atoms with van der Waals surface area (Å²) in [5, 5.41) is 9.21. The molecule has 2 heterocycles. The Morgan fingerprint density at radius 1 is 1.05 bits per heavy atom. The van der Waals surface area contributed by atoms with Crippen LogP contribution in [0.2, 0.25) is 0 Å². The van der Waals surface area contributed by atoms with E-state index < -0.39 is 0 Å². The van der Waals surface area contributed by atoms with Gasteiger partial charge in [-0.1, -0.05) is 30.4 Å². The molecule has 1 N–H and O–H groups in total. The van der Waals surface area contributed by atoms with Crippen molar-refractivity contribution in [2.75, 3.05) is 20.8 Å². The molecule has 4 aliphatic carbocycles. The average molecular weight is 568 g/mol. The number of thioether (sulfide) groups is 1. The van der Waals surface area contributed by atoms with Crippen molar-refractivity contribution in [1.82, 2.24) is 4.90 Å². The molecule has 8 heteroatoms. The number of methoxy groups -OCH3 is 2. The number of rotatable bonds is 10. The monoisotopic (exact) mass is 567 g/mol. The van der Waals surface area contributed by atoms with Crippen LogP contribution in [0.5, 0.6) is 11.5 Å². The first-order valence-electron chi connectivity index (χ1n) is 14.2. The third-order valence-corrected chi connectivity index (χ3v) is 10.5. The third kappa shape index (κ3) is 5.16.